The van der Waals surface area contributed by atoms with Crippen LogP contribution in [-0.2, 0) is 32.7 Å². The molecule has 0 fully saturated rings. The molecule has 5 heteroatoms. The van der Waals surface area contributed by atoms with Crippen molar-refractivity contribution in [3.8, 4) is 0 Å². The first-order valence-electron chi connectivity index (χ1n) is 3.87. The molecule has 12 heavy (non-hydrogen) atoms. The summed E-state index contributed by atoms with van der Waals surface area (Å²) in [6, 6.07) is 0. The maximum Gasteiger partial charge on any atom is 0.0194 e. The maximum absolute atomic E-state index is 5.75. The van der Waals surface area contributed by atoms with E-state index in [1.54, 1.807) is 13.8 Å². The van der Waals surface area contributed by atoms with Crippen molar-refractivity contribution in [2.75, 3.05) is 0 Å². The number of rotatable bonds is 1. The molecule has 4 nitrogen and oxygen atoms in total. The van der Waals surface area contributed by atoms with Crippen molar-refractivity contribution in [1.29, 1.82) is 0 Å². The number of nitrogens with zero attached hydrogens (tertiary/aromatic N) is 4. The summed E-state index contributed by atoms with van der Waals surface area (Å²) in [6.07, 6.45) is 2.56. The van der Waals surface area contributed by atoms with E-state index in [1.165, 1.54) is 12.1 Å². The van der Waals surface area contributed by atoms with E-state index in [4.69, 9.17) is 1.37 Å². The Morgan fingerprint density at radius 2 is 2.42 bits per heavy atom. The maximum atomic E-state index is 5.75. The predicted molar refractivity (Wildman–Crippen MR) is 44.2 cm³/mol. The molecule has 1 radical (unpaired) electrons. The van der Waals surface area contributed by atoms with E-state index in [0.717, 1.165) is 0 Å². The third-order valence-corrected chi connectivity index (χ3v) is 0.911. The van der Waals surface area contributed by atoms with Gasteiger partial charge in [0.1, 0.15) is 0 Å². The van der Waals surface area contributed by atoms with Gasteiger partial charge in [0.25, 0.3) is 0 Å². The van der Waals surface area contributed by atoms with Crippen LogP contribution in [0.5, 0.6) is 0 Å². The molecule has 65 valence electrons. The van der Waals surface area contributed by atoms with Gasteiger partial charge in [-0.3, -0.25) is 10.2 Å². The first-order valence-corrected chi connectivity index (χ1v) is 2.87. The molecular formula is C7H12N4Y-2. The summed E-state index contributed by atoms with van der Waals surface area (Å²) in [7, 11) is 1.25. The molecule has 0 saturated carbocycles. The average Bonchev–Trinajstić information content (AvgIpc) is 2.40. The SMILES string of the molecule is [2H]C.[CH2-]C(C)=Nn1[c-]nnc1C.[Y]. The van der Waals surface area contributed by atoms with Gasteiger partial charge < -0.3 is 11.6 Å². The number of hydrogen-bond donors (Lipinski definition) is 0. The van der Waals surface area contributed by atoms with Crippen molar-refractivity contribution in [2.45, 2.75) is 21.3 Å². The van der Waals surface area contributed by atoms with Crippen LogP contribution in [-0.4, -0.2) is 20.6 Å². The monoisotopic (exact) mass is 242 g/mol. The Labute approximate surface area is 99.7 Å². The minimum Gasteiger partial charge on any atom is -0.372 e. The van der Waals surface area contributed by atoms with Gasteiger partial charge in [-0.2, -0.15) is 0 Å². The van der Waals surface area contributed by atoms with E-state index in [0.29, 0.717) is 11.5 Å². The molecule has 0 spiro atoms. The van der Waals surface area contributed by atoms with Gasteiger partial charge in [-0.05, 0) is 12.2 Å². The molecule has 0 aromatic carbocycles. The smallest absolute Gasteiger partial charge is 0.0194 e. The summed E-state index contributed by atoms with van der Waals surface area (Å²) in [5.74, 6) is 0.711. The zero-order valence-corrected chi connectivity index (χ0v) is 10.4. The van der Waals surface area contributed by atoms with Crippen LogP contribution in [0.2, 0.25) is 0 Å². The van der Waals surface area contributed by atoms with Gasteiger partial charge in [-0.1, -0.05) is 21.3 Å². The van der Waals surface area contributed by atoms with Crippen molar-refractivity contribution in [1.82, 2.24) is 14.9 Å². The van der Waals surface area contributed by atoms with Crippen LogP contribution >= 0.6 is 0 Å². The van der Waals surface area contributed by atoms with Crippen LogP contribution in [0.4, 0.5) is 0 Å². The fraction of sp³-hybridized carbons (Fsp3) is 0.429. The molecule has 0 aliphatic carbocycles. The van der Waals surface area contributed by atoms with Gasteiger partial charge in [0, 0.05) is 34.1 Å². The second kappa shape index (κ2) is 6.32. The van der Waals surface area contributed by atoms with Gasteiger partial charge in [0.2, 0.25) is 0 Å². The topological polar surface area (TPSA) is 43.1 Å². The van der Waals surface area contributed by atoms with Gasteiger partial charge >= 0.3 is 0 Å². The summed E-state index contributed by atoms with van der Waals surface area (Å²) < 4.78 is 7.21. The van der Waals surface area contributed by atoms with Crippen molar-refractivity contribution < 1.29 is 34.1 Å². The molecule has 0 amide bonds. The van der Waals surface area contributed by atoms with Crippen molar-refractivity contribution in [3.05, 3.63) is 19.1 Å². The Morgan fingerprint density at radius 3 is 2.75 bits per heavy atom. The summed E-state index contributed by atoms with van der Waals surface area (Å²) in [5.41, 5.74) is 0.708. The second-order valence-electron chi connectivity index (χ2n) is 1.99. The van der Waals surface area contributed by atoms with Crippen LogP contribution in [0, 0.1) is 20.2 Å². The summed E-state index contributed by atoms with van der Waals surface area (Å²) in [5, 5.41) is 11.2. The number of hydrogen-bond acceptors (Lipinski definition) is 3. The van der Waals surface area contributed by atoms with Crippen LogP contribution in [0.3, 0.4) is 0 Å². The molecule has 0 unspecified atom stereocenters. The Kier molecular flexibility index (Phi) is 6.20. The van der Waals surface area contributed by atoms with Crippen LogP contribution in [0.25, 0.3) is 0 Å². The molecule has 1 rings (SSSR count). The molecule has 0 aliphatic rings. The van der Waals surface area contributed by atoms with E-state index in [9.17, 15) is 0 Å². The number of aryl methyl sites for hydroxylation is 1. The van der Waals surface area contributed by atoms with Gasteiger partial charge in [-0.15, -0.1) is 5.71 Å². The molecule has 0 bridgehead atoms. The second-order valence-corrected chi connectivity index (χ2v) is 1.99. The van der Waals surface area contributed by atoms with E-state index in [1.807, 2.05) is 0 Å². The predicted octanol–water partition coefficient (Wildman–Crippen LogP) is 1.08. The third-order valence-electron chi connectivity index (χ3n) is 0.911. The van der Waals surface area contributed by atoms with E-state index in [2.05, 4.69) is 28.5 Å². The van der Waals surface area contributed by atoms with Gasteiger partial charge in [0.15, 0.2) is 0 Å². The van der Waals surface area contributed by atoms with E-state index in [-0.39, 0.29) is 32.7 Å². The Balaban J connectivity index is 0. The quantitative estimate of drug-likeness (QED) is 0.546. The van der Waals surface area contributed by atoms with Gasteiger partial charge in [0.05, 0.1) is 0 Å². The van der Waals surface area contributed by atoms with Crippen LogP contribution in [0.1, 0.15) is 21.5 Å². The molecule has 1 aromatic heterocycles. The van der Waals surface area contributed by atoms with Crippen molar-refractivity contribution in [3.63, 3.8) is 0 Å². The zero-order valence-electron chi connectivity index (χ0n) is 8.57. The van der Waals surface area contributed by atoms with Crippen molar-refractivity contribution >= 4 is 5.71 Å². The minimum atomic E-state index is 0. The molecule has 0 aliphatic heterocycles. The minimum absolute atomic E-state index is 0. The third kappa shape index (κ3) is 3.97. The molecule has 1 heterocycles. The molecular weight excluding hydrogens is 229 g/mol. The standard InChI is InChI=1S/C6H8N4.CH4.Y/c1-5(2)9-10-4-7-8-6(10)3;;/h1H2,2-3H3;1H4;/q-2;;/i;1D;. The summed E-state index contributed by atoms with van der Waals surface area (Å²) >= 11 is 0. The summed E-state index contributed by atoms with van der Waals surface area (Å²) in [4.78, 5) is 0. The van der Waals surface area contributed by atoms with Crippen molar-refractivity contribution in [2.24, 2.45) is 5.10 Å². The Hall–Kier alpha value is -0.216. The average molecular weight is 242 g/mol. The first kappa shape index (κ1) is 11.8. The largest absolute Gasteiger partial charge is 0.372 e. The van der Waals surface area contributed by atoms with Crippen LogP contribution < -0.4 is 0 Å². The molecule has 0 saturated heterocycles. The molecule has 0 N–H and O–H groups in total. The van der Waals surface area contributed by atoms with Gasteiger partial charge in [-0.25, -0.2) is 5.10 Å². The molecule has 0 atom stereocenters. The van der Waals surface area contributed by atoms with E-state index >= 15 is 0 Å². The Morgan fingerprint density at radius 1 is 1.83 bits per heavy atom. The van der Waals surface area contributed by atoms with E-state index < -0.39 is 0 Å². The first-order chi connectivity index (χ1) is 5.70. The fourth-order valence-electron chi connectivity index (χ4n) is 0.517. The Bertz CT molecular complexity index is 255. The van der Waals surface area contributed by atoms with Crippen LogP contribution in [0.15, 0.2) is 5.10 Å². The zero-order chi connectivity index (χ0) is 9.56. The number of aromatic nitrogens is 3. The molecule has 1 aromatic rings. The normalized spacial score (nSPS) is 10.6. The summed E-state index contributed by atoms with van der Waals surface area (Å²) in [6.45, 7) is 7.21. The fourth-order valence-corrected chi connectivity index (χ4v) is 0.517.